The summed E-state index contributed by atoms with van der Waals surface area (Å²) in [6.45, 7) is 3.76. The highest BCUT2D eigenvalue weighted by Gasteiger charge is 2.29. The molecule has 8 nitrogen and oxygen atoms in total. The lowest BCUT2D eigenvalue weighted by Crippen LogP contribution is -2.51. The minimum Gasteiger partial charge on any atom is -0.481 e. The molecular formula is C22H28F2N4O4. The van der Waals surface area contributed by atoms with Gasteiger partial charge in [-0.3, -0.25) is 14.4 Å². The normalized spacial score (nSPS) is 17.6. The summed E-state index contributed by atoms with van der Waals surface area (Å²) in [6.07, 6.45) is 1.93. The van der Waals surface area contributed by atoms with Crippen LogP contribution in [0.3, 0.4) is 0 Å². The predicted octanol–water partition coefficient (Wildman–Crippen LogP) is 1.80. The predicted molar refractivity (Wildman–Crippen MR) is 111 cm³/mol. The van der Waals surface area contributed by atoms with Crippen LogP contribution in [-0.2, 0) is 14.4 Å². The third kappa shape index (κ3) is 7.80. The van der Waals surface area contributed by atoms with Gasteiger partial charge in [0.2, 0.25) is 11.8 Å². The molecule has 174 valence electrons. The van der Waals surface area contributed by atoms with E-state index in [0.717, 1.165) is 18.6 Å². The summed E-state index contributed by atoms with van der Waals surface area (Å²) in [7, 11) is 0. The number of amides is 3. The molecule has 0 saturated carbocycles. The van der Waals surface area contributed by atoms with Gasteiger partial charge < -0.3 is 20.7 Å². The maximum atomic E-state index is 13.6. The van der Waals surface area contributed by atoms with Crippen LogP contribution in [0.15, 0.2) is 18.2 Å². The van der Waals surface area contributed by atoms with E-state index in [1.54, 1.807) is 0 Å². The molecule has 0 spiro atoms. The van der Waals surface area contributed by atoms with Crippen LogP contribution < -0.4 is 20.7 Å². The molecule has 3 atom stereocenters. The average molecular weight is 450 g/mol. The van der Waals surface area contributed by atoms with Gasteiger partial charge in [0.1, 0.15) is 17.9 Å². The number of halogens is 2. The van der Waals surface area contributed by atoms with Crippen LogP contribution in [0.2, 0.25) is 0 Å². The Labute approximate surface area is 185 Å². The van der Waals surface area contributed by atoms with E-state index < -0.39 is 42.1 Å². The molecule has 32 heavy (non-hydrogen) atoms. The number of nitriles is 1. The van der Waals surface area contributed by atoms with Crippen molar-refractivity contribution in [2.24, 2.45) is 11.8 Å². The first-order valence-electron chi connectivity index (χ1n) is 10.5. The van der Waals surface area contributed by atoms with Gasteiger partial charge in [0.05, 0.1) is 6.07 Å². The van der Waals surface area contributed by atoms with Gasteiger partial charge in [0.25, 0.3) is 5.91 Å². The zero-order valence-electron chi connectivity index (χ0n) is 18.1. The molecule has 1 aromatic rings. The second-order valence-corrected chi connectivity index (χ2v) is 8.17. The van der Waals surface area contributed by atoms with Gasteiger partial charge >= 0.3 is 0 Å². The molecule has 1 aliphatic heterocycles. The lowest BCUT2D eigenvalue weighted by atomic mass is 9.91. The van der Waals surface area contributed by atoms with Crippen molar-refractivity contribution < 1.29 is 27.9 Å². The van der Waals surface area contributed by atoms with Crippen molar-refractivity contribution in [3.63, 3.8) is 0 Å². The summed E-state index contributed by atoms with van der Waals surface area (Å²) in [5, 5.41) is 17.3. The van der Waals surface area contributed by atoms with Crippen molar-refractivity contribution >= 4 is 17.7 Å². The van der Waals surface area contributed by atoms with Crippen molar-refractivity contribution in [3.8, 4) is 11.8 Å². The summed E-state index contributed by atoms with van der Waals surface area (Å²) in [5.74, 6) is -3.68. The first-order valence-corrected chi connectivity index (χ1v) is 10.5. The summed E-state index contributed by atoms with van der Waals surface area (Å²) < 4.78 is 31.7. The first kappa shape index (κ1) is 25.0. The van der Waals surface area contributed by atoms with E-state index in [4.69, 9.17) is 4.74 Å². The number of benzene rings is 1. The minimum absolute atomic E-state index is 0.0474. The largest absolute Gasteiger partial charge is 0.481 e. The van der Waals surface area contributed by atoms with Gasteiger partial charge in [-0.1, -0.05) is 13.8 Å². The quantitative estimate of drug-likeness (QED) is 0.502. The number of carbonyl (C=O) groups is 3. The smallest absolute Gasteiger partial charge is 0.258 e. The third-order valence-electron chi connectivity index (χ3n) is 5.00. The molecule has 1 fully saturated rings. The maximum Gasteiger partial charge on any atom is 0.258 e. The van der Waals surface area contributed by atoms with Crippen LogP contribution in [-0.4, -0.2) is 43.0 Å². The second kappa shape index (κ2) is 12.0. The van der Waals surface area contributed by atoms with Crippen molar-refractivity contribution in [2.45, 2.75) is 51.6 Å². The Balaban J connectivity index is 1.94. The third-order valence-corrected chi connectivity index (χ3v) is 5.00. The van der Waals surface area contributed by atoms with Gasteiger partial charge in [0.15, 0.2) is 18.2 Å². The van der Waals surface area contributed by atoms with Gasteiger partial charge in [0, 0.05) is 18.5 Å². The first-order chi connectivity index (χ1) is 15.2. The van der Waals surface area contributed by atoms with E-state index in [1.165, 1.54) is 0 Å². The van der Waals surface area contributed by atoms with E-state index >= 15 is 0 Å². The molecule has 1 aromatic carbocycles. The number of hydrogen-bond acceptors (Lipinski definition) is 5. The fraction of sp³-hybridized carbons (Fsp3) is 0.545. The minimum atomic E-state index is -0.946. The topological polar surface area (TPSA) is 120 Å². The molecule has 10 heteroatoms. The highest BCUT2D eigenvalue weighted by Crippen LogP contribution is 2.18. The molecule has 1 heterocycles. The molecule has 3 amide bonds. The van der Waals surface area contributed by atoms with Crippen molar-refractivity contribution in [1.29, 1.82) is 5.26 Å². The molecular weight excluding hydrogens is 422 g/mol. The molecule has 0 radical (unpaired) electrons. The fourth-order valence-electron chi connectivity index (χ4n) is 3.44. The highest BCUT2D eigenvalue weighted by molar-refractivity contribution is 5.88. The van der Waals surface area contributed by atoms with E-state index in [1.807, 2.05) is 19.9 Å². The molecule has 0 aliphatic carbocycles. The Morgan fingerprint density at radius 3 is 2.69 bits per heavy atom. The van der Waals surface area contributed by atoms with Crippen LogP contribution in [0.25, 0.3) is 0 Å². The lowest BCUT2D eigenvalue weighted by Gasteiger charge is -2.25. The zero-order valence-corrected chi connectivity index (χ0v) is 18.1. The Morgan fingerprint density at radius 1 is 1.31 bits per heavy atom. The highest BCUT2D eigenvalue weighted by atomic mass is 19.1. The summed E-state index contributed by atoms with van der Waals surface area (Å²) in [4.78, 5) is 37.0. The monoisotopic (exact) mass is 450 g/mol. The molecule has 1 aliphatic rings. The van der Waals surface area contributed by atoms with E-state index in [-0.39, 0.29) is 29.9 Å². The fourth-order valence-corrected chi connectivity index (χ4v) is 3.44. The van der Waals surface area contributed by atoms with Gasteiger partial charge in [-0.15, -0.1) is 0 Å². The molecule has 3 N–H and O–H groups in total. The Morgan fingerprint density at radius 2 is 2.06 bits per heavy atom. The van der Waals surface area contributed by atoms with Crippen LogP contribution in [0.1, 0.15) is 39.5 Å². The summed E-state index contributed by atoms with van der Waals surface area (Å²) in [5.41, 5.74) is 0. The van der Waals surface area contributed by atoms with Gasteiger partial charge in [-0.2, -0.15) is 5.26 Å². The standard InChI is InChI=1S/C22H28F2N4O4/c1-13(2)8-18(28-20(29)12-32-19-6-5-15(23)10-17(19)24)22(31)27-16(11-25)9-14-4-3-7-26-21(14)30/h5-6,10,13-14,16,18H,3-4,7-9,12H2,1-2H3,(H,26,30)(H,27,31)(H,28,29)/t14-,16-,18-/m0/s1. The SMILES string of the molecule is CC(C)C[C@H](NC(=O)COc1ccc(F)cc1F)C(=O)N[C@H](C#N)C[C@@H]1CCCNC1=O. The molecule has 1 saturated heterocycles. The number of nitrogens with one attached hydrogen (secondary N) is 3. The number of nitrogens with zero attached hydrogens (tertiary/aromatic N) is 1. The van der Waals surface area contributed by atoms with Crippen LogP contribution in [0.4, 0.5) is 8.78 Å². The molecule has 0 bridgehead atoms. The van der Waals surface area contributed by atoms with Gasteiger partial charge in [-0.05, 0) is 43.7 Å². The average Bonchev–Trinajstić information content (AvgIpc) is 2.73. The number of rotatable bonds is 10. The van der Waals surface area contributed by atoms with Crippen molar-refractivity contribution in [1.82, 2.24) is 16.0 Å². The van der Waals surface area contributed by atoms with Crippen LogP contribution >= 0.6 is 0 Å². The van der Waals surface area contributed by atoms with Crippen LogP contribution in [0, 0.1) is 34.8 Å². The zero-order chi connectivity index (χ0) is 23.7. The van der Waals surface area contributed by atoms with Crippen molar-refractivity contribution in [3.05, 3.63) is 29.8 Å². The van der Waals surface area contributed by atoms with E-state index in [0.29, 0.717) is 25.5 Å². The summed E-state index contributed by atoms with van der Waals surface area (Å²) >= 11 is 0. The number of piperidine rings is 1. The van der Waals surface area contributed by atoms with Crippen molar-refractivity contribution in [2.75, 3.05) is 13.2 Å². The number of ether oxygens (including phenoxy) is 1. The Bertz CT molecular complexity index is 872. The maximum absolute atomic E-state index is 13.6. The number of carbonyl (C=O) groups excluding carboxylic acids is 3. The Hall–Kier alpha value is -3.22. The Kier molecular flexibility index (Phi) is 9.38. The summed E-state index contributed by atoms with van der Waals surface area (Å²) in [6, 6.07) is 2.87. The molecule has 0 aromatic heterocycles. The van der Waals surface area contributed by atoms with E-state index in [9.17, 15) is 28.4 Å². The number of hydrogen-bond donors (Lipinski definition) is 3. The lowest BCUT2D eigenvalue weighted by molar-refractivity contribution is -0.131. The molecule has 2 rings (SSSR count). The second-order valence-electron chi connectivity index (χ2n) is 8.17. The van der Waals surface area contributed by atoms with E-state index in [2.05, 4.69) is 16.0 Å². The van der Waals surface area contributed by atoms with Gasteiger partial charge in [-0.25, -0.2) is 8.78 Å². The molecule has 0 unspecified atom stereocenters. The van der Waals surface area contributed by atoms with Crippen LogP contribution in [0.5, 0.6) is 5.75 Å².